The highest BCUT2D eigenvalue weighted by atomic mass is 79.9. The topological polar surface area (TPSA) is 60.0 Å². The van der Waals surface area contributed by atoms with Gasteiger partial charge in [-0.05, 0) is 34.5 Å². The van der Waals surface area contributed by atoms with Gasteiger partial charge < -0.3 is 20.4 Å². The molecule has 1 aromatic rings. The Balaban J connectivity index is 1.87. The van der Waals surface area contributed by atoms with Crippen LogP contribution in [0.5, 0.6) is 0 Å². The highest BCUT2D eigenvalue weighted by molar-refractivity contribution is 9.10. The summed E-state index contributed by atoms with van der Waals surface area (Å²) >= 11 is 3.60. The van der Waals surface area contributed by atoms with Crippen molar-refractivity contribution in [3.05, 3.63) is 28.7 Å². The van der Waals surface area contributed by atoms with Crippen molar-refractivity contribution in [3.8, 4) is 0 Å². The van der Waals surface area contributed by atoms with E-state index in [0.29, 0.717) is 12.0 Å². The second kappa shape index (κ2) is 8.19. The van der Waals surface area contributed by atoms with E-state index >= 15 is 0 Å². The maximum absolute atomic E-state index is 11.6. The molecule has 0 saturated carbocycles. The van der Waals surface area contributed by atoms with Gasteiger partial charge in [-0.2, -0.15) is 0 Å². The number of aliphatic imine (C=N–C) groups is 1. The van der Waals surface area contributed by atoms with Gasteiger partial charge in [0.25, 0.3) is 0 Å². The van der Waals surface area contributed by atoms with E-state index in [-0.39, 0.29) is 12.5 Å². The summed E-state index contributed by atoms with van der Waals surface area (Å²) in [7, 11) is 5.20. The third-order valence-electron chi connectivity index (χ3n) is 3.85. The van der Waals surface area contributed by atoms with Crippen LogP contribution >= 0.6 is 15.9 Å². The fraction of sp³-hybridized carbons (Fsp3) is 0.500. The molecule has 0 radical (unpaired) electrons. The Morgan fingerprint density at radius 1 is 1.43 bits per heavy atom. The van der Waals surface area contributed by atoms with Gasteiger partial charge in [-0.3, -0.25) is 9.79 Å². The summed E-state index contributed by atoms with van der Waals surface area (Å²) in [4.78, 5) is 19.7. The van der Waals surface area contributed by atoms with Crippen molar-refractivity contribution in [2.24, 2.45) is 4.99 Å². The molecule has 1 saturated heterocycles. The van der Waals surface area contributed by atoms with Crippen molar-refractivity contribution in [2.75, 3.05) is 45.7 Å². The lowest BCUT2D eigenvalue weighted by atomic mass is 10.3. The largest absolute Gasteiger partial charge is 0.368 e. The minimum absolute atomic E-state index is 0.0224. The molecule has 0 spiro atoms. The lowest BCUT2D eigenvalue weighted by Crippen LogP contribution is -2.47. The number of hydrogen-bond acceptors (Lipinski definition) is 3. The SMILES string of the molecule is CN=C(NCC(=O)N(C)C)NC1CCN(c2ccccc2Br)C1. The minimum atomic E-state index is 0.0224. The summed E-state index contributed by atoms with van der Waals surface area (Å²) in [5.74, 6) is 0.688. The number of halogens is 1. The Hall–Kier alpha value is -1.76. The molecule has 1 aromatic carbocycles. The Bertz CT molecular complexity index is 575. The van der Waals surface area contributed by atoms with Crippen molar-refractivity contribution >= 4 is 33.5 Å². The van der Waals surface area contributed by atoms with E-state index in [9.17, 15) is 4.79 Å². The number of benzene rings is 1. The molecule has 1 atom stereocenters. The van der Waals surface area contributed by atoms with Crippen LogP contribution in [0.2, 0.25) is 0 Å². The van der Waals surface area contributed by atoms with Gasteiger partial charge in [-0.15, -0.1) is 0 Å². The molecule has 0 aliphatic carbocycles. The van der Waals surface area contributed by atoms with Gasteiger partial charge in [0.15, 0.2) is 5.96 Å². The number of guanidine groups is 1. The number of amides is 1. The van der Waals surface area contributed by atoms with E-state index in [4.69, 9.17) is 0 Å². The number of likely N-dealkylation sites (N-methyl/N-ethyl adjacent to an activating group) is 1. The molecule has 0 bridgehead atoms. The molecule has 1 heterocycles. The quantitative estimate of drug-likeness (QED) is 0.609. The second-order valence-corrected chi connectivity index (χ2v) is 6.60. The Morgan fingerprint density at radius 2 is 2.17 bits per heavy atom. The van der Waals surface area contributed by atoms with Gasteiger partial charge in [-0.1, -0.05) is 12.1 Å². The Labute approximate surface area is 146 Å². The average molecular weight is 382 g/mol. The Morgan fingerprint density at radius 3 is 2.83 bits per heavy atom. The molecule has 2 rings (SSSR count). The van der Waals surface area contributed by atoms with Crippen molar-refractivity contribution in [1.29, 1.82) is 0 Å². The number of hydrogen-bond donors (Lipinski definition) is 2. The molecule has 1 amide bonds. The van der Waals surface area contributed by atoms with E-state index in [1.54, 1.807) is 26.0 Å². The number of anilines is 1. The van der Waals surface area contributed by atoms with Gasteiger partial charge in [0, 0.05) is 44.7 Å². The van der Waals surface area contributed by atoms with E-state index < -0.39 is 0 Å². The molecule has 0 aromatic heterocycles. The van der Waals surface area contributed by atoms with Gasteiger partial charge in [0.1, 0.15) is 0 Å². The first-order valence-electron chi connectivity index (χ1n) is 7.68. The van der Waals surface area contributed by atoms with Crippen molar-refractivity contribution in [1.82, 2.24) is 15.5 Å². The lowest BCUT2D eigenvalue weighted by molar-refractivity contribution is -0.127. The highest BCUT2D eigenvalue weighted by Crippen LogP contribution is 2.28. The minimum Gasteiger partial charge on any atom is -0.368 e. The van der Waals surface area contributed by atoms with E-state index in [1.807, 2.05) is 12.1 Å². The molecule has 126 valence electrons. The first-order valence-corrected chi connectivity index (χ1v) is 8.47. The average Bonchev–Trinajstić information content (AvgIpc) is 2.99. The van der Waals surface area contributed by atoms with E-state index in [2.05, 4.69) is 48.6 Å². The van der Waals surface area contributed by atoms with Gasteiger partial charge in [0.2, 0.25) is 5.91 Å². The molecular formula is C16H24BrN5O. The summed E-state index contributed by atoms with van der Waals surface area (Å²) in [6, 6.07) is 8.56. The standard InChI is InChI=1S/C16H24BrN5O/c1-18-16(19-10-15(23)21(2)3)20-12-8-9-22(11-12)14-7-5-4-6-13(14)17/h4-7,12H,8-11H2,1-3H3,(H2,18,19,20). The zero-order chi connectivity index (χ0) is 16.8. The monoisotopic (exact) mass is 381 g/mol. The summed E-state index contributed by atoms with van der Waals surface area (Å²) in [5, 5.41) is 6.45. The molecule has 23 heavy (non-hydrogen) atoms. The zero-order valence-electron chi connectivity index (χ0n) is 13.8. The molecule has 2 N–H and O–H groups in total. The molecule has 7 heteroatoms. The van der Waals surface area contributed by atoms with Gasteiger partial charge in [-0.25, -0.2) is 0 Å². The predicted octanol–water partition coefficient (Wildman–Crippen LogP) is 1.28. The molecular weight excluding hydrogens is 358 g/mol. The van der Waals surface area contributed by atoms with Crippen LogP contribution in [0.3, 0.4) is 0 Å². The smallest absolute Gasteiger partial charge is 0.241 e. The number of carbonyl (C=O) groups is 1. The van der Waals surface area contributed by atoms with Crippen molar-refractivity contribution in [3.63, 3.8) is 0 Å². The number of nitrogens with zero attached hydrogens (tertiary/aromatic N) is 3. The van der Waals surface area contributed by atoms with Crippen LogP contribution in [0, 0.1) is 0 Å². The maximum Gasteiger partial charge on any atom is 0.241 e. The second-order valence-electron chi connectivity index (χ2n) is 5.74. The lowest BCUT2D eigenvalue weighted by Gasteiger charge is -2.21. The summed E-state index contributed by atoms with van der Waals surface area (Å²) < 4.78 is 1.11. The van der Waals surface area contributed by atoms with Crippen molar-refractivity contribution in [2.45, 2.75) is 12.5 Å². The van der Waals surface area contributed by atoms with E-state index in [1.165, 1.54) is 5.69 Å². The van der Waals surface area contributed by atoms with Gasteiger partial charge in [0.05, 0.1) is 12.2 Å². The van der Waals surface area contributed by atoms with Crippen LogP contribution in [0.4, 0.5) is 5.69 Å². The summed E-state index contributed by atoms with van der Waals surface area (Å²) in [6.45, 7) is 2.15. The third kappa shape index (κ3) is 4.86. The first-order chi connectivity index (χ1) is 11.0. The van der Waals surface area contributed by atoms with Crippen LogP contribution in [0.1, 0.15) is 6.42 Å². The molecule has 1 aliphatic heterocycles. The maximum atomic E-state index is 11.6. The molecule has 1 fully saturated rings. The summed E-state index contributed by atoms with van der Waals surface area (Å²) in [5.41, 5.74) is 1.21. The van der Waals surface area contributed by atoms with Gasteiger partial charge >= 0.3 is 0 Å². The highest BCUT2D eigenvalue weighted by Gasteiger charge is 2.24. The fourth-order valence-corrected chi connectivity index (χ4v) is 3.05. The third-order valence-corrected chi connectivity index (χ3v) is 4.52. The fourth-order valence-electron chi connectivity index (χ4n) is 2.51. The van der Waals surface area contributed by atoms with Crippen LogP contribution in [0.15, 0.2) is 33.7 Å². The number of nitrogens with one attached hydrogen (secondary N) is 2. The predicted molar refractivity (Wildman–Crippen MR) is 98.0 cm³/mol. The molecule has 1 unspecified atom stereocenters. The van der Waals surface area contributed by atoms with Crippen molar-refractivity contribution < 1.29 is 4.79 Å². The molecule has 1 aliphatic rings. The Kier molecular flexibility index (Phi) is 6.27. The normalized spacial score (nSPS) is 18.0. The molecule has 6 nitrogen and oxygen atoms in total. The number of rotatable bonds is 4. The van der Waals surface area contributed by atoms with Crippen LogP contribution in [-0.2, 0) is 4.79 Å². The van der Waals surface area contributed by atoms with Crippen LogP contribution < -0.4 is 15.5 Å². The zero-order valence-corrected chi connectivity index (χ0v) is 15.4. The first kappa shape index (κ1) is 17.6. The number of para-hydroxylation sites is 1. The van der Waals surface area contributed by atoms with Crippen LogP contribution in [-0.4, -0.2) is 63.6 Å². The van der Waals surface area contributed by atoms with E-state index in [0.717, 1.165) is 24.0 Å². The number of carbonyl (C=O) groups excluding carboxylic acids is 1. The van der Waals surface area contributed by atoms with Crippen LogP contribution in [0.25, 0.3) is 0 Å². The summed E-state index contributed by atoms with van der Waals surface area (Å²) in [6.07, 6.45) is 1.03.